The molecule has 0 bridgehead atoms. The van der Waals surface area contributed by atoms with Gasteiger partial charge in [0.1, 0.15) is 0 Å². The zero-order valence-electron chi connectivity index (χ0n) is 12.5. The van der Waals surface area contributed by atoms with Gasteiger partial charge in [-0.15, -0.1) is 0 Å². The van der Waals surface area contributed by atoms with Crippen molar-refractivity contribution in [3.05, 3.63) is 59.4 Å². The number of allylic oxidation sites excluding steroid dienone is 1. The van der Waals surface area contributed by atoms with Crippen LogP contribution in [-0.2, 0) is 0 Å². The highest BCUT2D eigenvalue weighted by Gasteiger charge is 2.14. The SMILES string of the molecule is COc1cc(C=C2CCCN=C2c2cccnc2)ccc1O. The number of rotatable bonds is 3. The van der Waals surface area contributed by atoms with Gasteiger partial charge in [-0.2, -0.15) is 0 Å². The first-order valence-electron chi connectivity index (χ1n) is 7.31. The number of methoxy groups -OCH3 is 1. The summed E-state index contributed by atoms with van der Waals surface area (Å²) in [5, 5.41) is 9.69. The van der Waals surface area contributed by atoms with E-state index in [-0.39, 0.29) is 5.75 Å². The van der Waals surface area contributed by atoms with Gasteiger partial charge in [0, 0.05) is 24.5 Å². The maximum absolute atomic E-state index is 9.69. The van der Waals surface area contributed by atoms with E-state index >= 15 is 0 Å². The monoisotopic (exact) mass is 294 g/mol. The fourth-order valence-electron chi connectivity index (χ4n) is 2.59. The number of nitrogens with zero attached hydrogens (tertiary/aromatic N) is 2. The quantitative estimate of drug-likeness (QED) is 0.943. The molecule has 2 heterocycles. The minimum absolute atomic E-state index is 0.148. The molecule has 1 aromatic carbocycles. The molecule has 112 valence electrons. The summed E-state index contributed by atoms with van der Waals surface area (Å²) in [7, 11) is 1.55. The van der Waals surface area contributed by atoms with Gasteiger partial charge < -0.3 is 9.84 Å². The van der Waals surface area contributed by atoms with Crippen molar-refractivity contribution >= 4 is 11.8 Å². The van der Waals surface area contributed by atoms with Crippen LogP contribution in [0, 0.1) is 0 Å². The van der Waals surface area contributed by atoms with Crippen LogP contribution < -0.4 is 4.74 Å². The van der Waals surface area contributed by atoms with Crippen molar-refractivity contribution in [2.24, 2.45) is 4.99 Å². The highest BCUT2D eigenvalue weighted by Crippen LogP contribution is 2.29. The molecule has 4 heteroatoms. The Kier molecular flexibility index (Phi) is 4.19. The first kappa shape index (κ1) is 14.3. The molecule has 4 nitrogen and oxygen atoms in total. The zero-order chi connectivity index (χ0) is 15.4. The van der Waals surface area contributed by atoms with Gasteiger partial charge in [0.05, 0.1) is 12.8 Å². The van der Waals surface area contributed by atoms with E-state index in [4.69, 9.17) is 4.74 Å². The molecule has 0 unspecified atom stereocenters. The van der Waals surface area contributed by atoms with Crippen LogP contribution in [0.4, 0.5) is 0 Å². The average molecular weight is 294 g/mol. The number of aliphatic imine (C=N–C) groups is 1. The third-order valence-electron chi connectivity index (χ3n) is 3.66. The molecule has 22 heavy (non-hydrogen) atoms. The second-order valence-electron chi connectivity index (χ2n) is 5.18. The lowest BCUT2D eigenvalue weighted by Crippen LogP contribution is -2.11. The number of hydrogen-bond acceptors (Lipinski definition) is 4. The molecule has 0 spiro atoms. The molecule has 0 saturated heterocycles. The normalized spacial score (nSPS) is 16.4. The summed E-state index contributed by atoms with van der Waals surface area (Å²) >= 11 is 0. The maximum atomic E-state index is 9.69. The lowest BCUT2D eigenvalue weighted by Gasteiger charge is -2.16. The van der Waals surface area contributed by atoms with E-state index in [0.29, 0.717) is 5.75 Å². The van der Waals surface area contributed by atoms with Crippen LogP contribution in [0.3, 0.4) is 0 Å². The summed E-state index contributed by atoms with van der Waals surface area (Å²) in [4.78, 5) is 8.84. The Hall–Kier alpha value is -2.62. The van der Waals surface area contributed by atoms with Crippen molar-refractivity contribution in [3.63, 3.8) is 0 Å². The molecule has 2 aromatic rings. The van der Waals surface area contributed by atoms with Gasteiger partial charge in [-0.3, -0.25) is 9.98 Å². The van der Waals surface area contributed by atoms with E-state index in [0.717, 1.165) is 36.2 Å². The molecule has 0 radical (unpaired) electrons. The summed E-state index contributed by atoms with van der Waals surface area (Å²) < 4.78 is 5.17. The second-order valence-corrected chi connectivity index (χ2v) is 5.18. The molecule has 1 N–H and O–H groups in total. The molecule has 0 amide bonds. The predicted octanol–water partition coefficient (Wildman–Crippen LogP) is 3.46. The fourth-order valence-corrected chi connectivity index (χ4v) is 2.59. The molecule has 0 fully saturated rings. The van der Waals surface area contributed by atoms with Crippen molar-refractivity contribution in [2.45, 2.75) is 12.8 Å². The van der Waals surface area contributed by atoms with Crippen molar-refractivity contribution < 1.29 is 9.84 Å². The molecule has 1 aliphatic heterocycles. The first-order chi connectivity index (χ1) is 10.8. The Labute approximate surface area is 129 Å². The van der Waals surface area contributed by atoms with Crippen molar-refractivity contribution in [3.8, 4) is 11.5 Å². The molecule has 1 aromatic heterocycles. The van der Waals surface area contributed by atoms with E-state index in [2.05, 4.69) is 16.1 Å². The van der Waals surface area contributed by atoms with Crippen molar-refractivity contribution in [1.82, 2.24) is 4.98 Å². The summed E-state index contributed by atoms with van der Waals surface area (Å²) in [6.45, 7) is 0.848. The van der Waals surface area contributed by atoms with Crippen LogP contribution in [-0.4, -0.2) is 29.5 Å². The number of benzene rings is 1. The van der Waals surface area contributed by atoms with Crippen LogP contribution in [0.1, 0.15) is 24.0 Å². The van der Waals surface area contributed by atoms with Gasteiger partial charge in [0.15, 0.2) is 11.5 Å². The largest absolute Gasteiger partial charge is 0.504 e. The third kappa shape index (κ3) is 3.01. The Morgan fingerprint density at radius 2 is 2.18 bits per heavy atom. The average Bonchev–Trinajstić information content (AvgIpc) is 2.58. The Balaban J connectivity index is 1.98. The molecule has 0 atom stereocenters. The maximum Gasteiger partial charge on any atom is 0.161 e. The highest BCUT2D eigenvalue weighted by atomic mass is 16.5. The minimum Gasteiger partial charge on any atom is -0.504 e. The smallest absolute Gasteiger partial charge is 0.161 e. The standard InChI is InChI=1S/C18H18N2O2/c1-22-17-11-13(6-7-16(17)21)10-14-4-3-9-20-18(14)15-5-2-8-19-12-15/h2,5-8,10-12,21H,3-4,9H2,1H3. The van der Waals surface area contributed by atoms with Crippen molar-refractivity contribution in [1.29, 1.82) is 0 Å². The summed E-state index contributed by atoms with van der Waals surface area (Å²) in [6.07, 6.45) is 7.74. The van der Waals surface area contributed by atoms with Crippen LogP contribution in [0.25, 0.3) is 6.08 Å². The van der Waals surface area contributed by atoms with E-state index < -0.39 is 0 Å². The Bertz CT molecular complexity index is 721. The molecule has 0 aliphatic carbocycles. The summed E-state index contributed by atoms with van der Waals surface area (Å²) in [6, 6.07) is 9.31. The van der Waals surface area contributed by atoms with Crippen LogP contribution >= 0.6 is 0 Å². The van der Waals surface area contributed by atoms with Gasteiger partial charge in [0.25, 0.3) is 0 Å². The van der Waals surface area contributed by atoms with E-state index in [9.17, 15) is 5.11 Å². The van der Waals surface area contributed by atoms with E-state index in [1.807, 2.05) is 30.5 Å². The number of aromatic nitrogens is 1. The van der Waals surface area contributed by atoms with E-state index in [1.54, 1.807) is 19.4 Å². The molecular weight excluding hydrogens is 276 g/mol. The van der Waals surface area contributed by atoms with Crippen LogP contribution in [0.2, 0.25) is 0 Å². The number of ether oxygens (including phenoxy) is 1. The number of aromatic hydroxyl groups is 1. The van der Waals surface area contributed by atoms with Gasteiger partial charge in [-0.1, -0.05) is 6.07 Å². The lowest BCUT2D eigenvalue weighted by atomic mass is 9.95. The number of hydrogen-bond donors (Lipinski definition) is 1. The van der Waals surface area contributed by atoms with Gasteiger partial charge in [0.2, 0.25) is 0 Å². The predicted molar refractivity (Wildman–Crippen MR) is 87.5 cm³/mol. The molecule has 3 rings (SSSR count). The number of pyridine rings is 1. The highest BCUT2D eigenvalue weighted by molar-refractivity contribution is 6.15. The fraction of sp³-hybridized carbons (Fsp3) is 0.222. The van der Waals surface area contributed by atoms with Crippen LogP contribution in [0.5, 0.6) is 11.5 Å². The Morgan fingerprint density at radius 1 is 1.27 bits per heavy atom. The number of phenolic OH excluding ortho intramolecular Hbond substituents is 1. The zero-order valence-corrected chi connectivity index (χ0v) is 12.5. The summed E-state index contributed by atoms with van der Waals surface area (Å²) in [5.41, 5.74) is 4.22. The number of phenols is 1. The summed E-state index contributed by atoms with van der Waals surface area (Å²) in [5.74, 6) is 0.625. The first-order valence-corrected chi connectivity index (χ1v) is 7.31. The van der Waals surface area contributed by atoms with Gasteiger partial charge in [-0.25, -0.2) is 0 Å². The molecular formula is C18H18N2O2. The van der Waals surface area contributed by atoms with Gasteiger partial charge in [-0.05, 0) is 54.3 Å². The molecule has 1 aliphatic rings. The van der Waals surface area contributed by atoms with Crippen LogP contribution in [0.15, 0.2) is 53.3 Å². The Morgan fingerprint density at radius 3 is 2.95 bits per heavy atom. The molecule has 0 saturated carbocycles. The topological polar surface area (TPSA) is 54.7 Å². The lowest BCUT2D eigenvalue weighted by molar-refractivity contribution is 0.373. The minimum atomic E-state index is 0.148. The third-order valence-corrected chi connectivity index (χ3v) is 3.66. The van der Waals surface area contributed by atoms with Gasteiger partial charge >= 0.3 is 0 Å². The second kappa shape index (κ2) is 6.43. The van der Waals surface area contributed by atoms with E-state index in [1.165, 1.54) is 5.57 Å². The van der Waals surface area contributed by atoms with Crippen molar-refractivity contribution in [2.75, 3.05) is 13.7 Å².